The van der Waals surface area contributed by atoms with Gasteiger partial charge in [0.1, 0.15) is 24.1 Å². The highest BCUT2D eigenvalue weighted by molar-refractivity contribution is 7.60. The number of ether oxygens (including phenoxy) is 1. The van der Waals surface area contributed by atoms with Gasteiger partial charge in [0.15, 0.2) is 6.23 Å². The lowest BCUT2D eigenvalue weighted by atomic mass is 10.1. The lowest BCUT2D eigenvalue weighted by molar-refractivity contribution is -0.0521. The van der Waals surface area contributed by atoms with Crippen LogP contribution in [0.5, 0.6) is 0 Å². The Morgan fingerprint density at radius 3 is 2.77 bits per heavy atom. The van der Waals surface area contributed by atoms with E-state index in [0.717, 1.165) is 10.8 Å². The van der Waals surface area contributed by atoms with Gasteiger partial charge in [-0.15, -0.1) is 0 Å². The van der Waals surface area contributed by atoms with E-state index in [0.29, 0.717) is 5.82 Å². The lowest BCUT2D eigenvalue weighted by Gasteiger charge is -2.18. The Morgan fingerprint density at radius 2 is 2.15 bits per heavy atom. The molecule has 12 nitrogen and oxygen atoms in total. The molecule has 0 spiro atoms. The number of imidazole rings is 1. The minimum absolute atomic E-state index is 0.00788. The zero-order valence-corrected chi connectivity index (χ0v) is 14.4. The Bertz CT molecular complexity index is 899. The molecule has 1 saturated heterocycles. The van der Waals surface area contributed by atoms with Gasteiger partial charge in [0.25, 0.3) is 0 Å². The Hall–Kier alpha value is -2.08. The molecule has 3 rings (SSSR count). The minimum atomic E-state index is -4.27. The molecule has 5 atom stereocenters. The Kier molecular flexibility index (Phi) is 4.97. The largest absolute Gasteiger partial charge is 0.446 e. The first-order valence-electron chi connectivity index (χ1n) is 7.49. The molecule has 13 heteroatoms. The number of aliphatic hydroxyl groups is 2. The van der Waals surface area contributed by atoms with Gasteiger partial charge in [0, 0.05) is 11.6 Å². The smallest absolute Gasteiger partial charge is 0.354 e. The van der Waals surface area contributed by atoms with Crippen LogP contribution >= 0.6 is 7.60 Å². The number of aliphatic hydroxyl groups excluding tert-OH is 2. The Labute approximate surface area is 146 Å². The third kappa shape index (κ3) is 3.56. The van der Waals surface area contributed by atoms with Gasteiger partial charge in [-0.2, -0.15) is 4.98 Å². The number of nitrogen functional groups attached to an aromatic ring is 1. The second kappa shape index (κ2) is 6.91. The number of nitrogens with zero attached hydrogens (tertiary/aromatic N) is 4. The van der Waals surface area contributed by atoms with Crippen molar-refractivity contribution in [2.24, 2.45) is 0 Å². The van der Waals surface area contributed by atoms with Gasteiger partial charge in [-0.25, -0.2) is 4.79 Å². The first kappa shape index (κ1) is 18.7. The van der Waals surface area contributed by atoms with Crippen molar-refractivity contribution in [2.45, 2.75) is 31.5 Å². The zero-order chi connectivity index (χ0) is 19.1. The van der Waals surface area contributed by atoms with Crippen molar-refractivity contribution in [3.05, 3.63) is 34.8 Å². The maximum Gasteiger partial charge on any atom is 0.354 e. The van der Waals surface area contributed by atoms with Crippen molar-refractivity contribution >= 4 is 18.8 Å². The number of anilines is 1. The van der Waals surface area contributed by atoms with Crippen molar-refractivity contribution in [3.63, 3.8) is 0 Å². The zero-order valence-electron chi connectivity index (χ0n) is 13.5. The summed E-state index contributed by atoms with van der Waals surface area (Å²) < 4.78 is 23.5. The van der Waals surface area contributed by atoms with E-state index in [1.807, 2.05) is 0 Å². The summed E-state index contributed by atoms with van der Waals surface area (Å²) in [5.41, 5.74) is 4.38. The van der Waals surface area contributed by atoms with Crippen molar-refractivity contribution in [1.29, 1.82) is 0 Å². The highest BCUT2D eigenvalue weighted by Gasteiger charge is 2.45. The normalized spacial score (nSPS) is 28.2. The molecule has 3 heterocycles. The SMILES string of the molecule is Cc1nc(P(=O)(O)OC[C@@H]2O[C@H](n3ccc(N)nc3=O)[C@@H](O)[C@H]2O)c[n-]1. The van der Waals surface area contributed by atoms with Gasteiger partial charge in [-0.1, -0.05) is 12.0 Å². The van der Waals surface area contributed by atoms with Crippen LogP contribution in [0.3, 0.4) is 0 Å². The molecule has 0 radical (unpaired) electrons. The third-order valence-corrected chi connectivity index (χ3v) is 5.10. The molecule has 142 valence electrons. The second-order valence-electron chi connectivity index (χ2n) is 5.68. The molecule has 2 aromatic rings. The highest BCUT2D eigenvalue weighted by Crippen LogP contribution is 2.41. The van der Waals surface area contributed by atoms with Crippen molar-refractivity contribution < 1.29 is 28.9 Å². The number of hydrogen-bond acceptors (Lipinski definition) is 9. The predicted molar refractivity (Wildman–Crippen MR) is 86.5 cm³/mol. The fourth-order valence-electron chi connectivity index (χ4n) is 2.47. The van der Waals surface area contributed by atoms with Crippen LogP contribution in [0.1, 0.15) is 12.1 Å². The van der Waals surface area contributed by atoms with Crippen LogP contribution in [0, 0.1) is 6.92 Å². The van der Waals surface area contributed by atoms with Crippen LogP contribution in [-0.2, 0) is 13.8 Å². The molecule has 0 aromatic carbocycles. The molecule has 0 amide bonds. The molecule has 0 saturated carbocycles. The van der Waals surface area contributed by atoms with Crippen LogP contribution in [0.15, 0.2) is 23.3 Å². The van der Waals surface area contributed by atoms with E-state index in [4.69, 9.17) is 15.0 Å². The van der Waals surface area contributed by atoms with Crippen LogP contribution in [0.25, 0.3) is 0 Å². The van der Waals surface area contributed by atoms with Crippen LogP contribution in [0.4, 0.5) is 5.82 Å². The molecule has 5 N–H and O–H groups in total. The number of aromatic nitrogens is 4. The van der Waals surface area contributed by atoms with Crippen LogP contribution < -0.4 is 21.8 Å². The maximum atomic E-state index is 12.2. The topological polar surface area (TPSA) is 184 Å². The fourth-order valence-corrected chi connectivity index (χ4v) is 3.42. The van der Waals surface area contributed by atoms with Gasteiger partial charge >= 0.3 is 13.3 Å². The van der Waals surface area contributed by atoms with E-state index in [-0.39, 0.29) is 11.3 Å². The summed E-state index contributed by atoms with van der Waals surface area (Å²) in [6.45, 7) is 1.03. The van der Waals surface area contributed by atoms with E-state index in [1.165, 1.54) is 12.3 Å². The van der Waals surface area contributed by atoms with Crippen molar-refractivity contribution in [2.75, 3.05) is 12.3 Å². The minimum Gasteiger partial charge on any atom is -0.446 e. The number of aryl methyl sites for hydroxylation is 1. The van der Waals surface area contributed by atoms with Gasteiger partial charge in [-0.05, 0) is 13.0 Å². The summed E-state index contributed by atoms with van der Waals surface area (Å²) in [5.74, 6) is 0.298. The molecular weight excluding hydrogens is 369 g/mol. The Balaban J connectivity index is 1.72. The molecule has 1 unspecified atom stereocenters. The number of rotatable bonds is 5. The summed E-state index contributed by atoms with van der Waals surface area (Å²) in [5, 5.41) is 20.2. The number of nitrogens with two attached hydrogens (primary N) is 1. The highest BCUT2D eigenvalue weighted by atomic mass is 31.2. The summed E-state index contributed by atoms with van der Waals surface area (Å²) in [4.78, 5) is 32.8. The van der Waals surface area contributed by atoms with Gasteiger partial charge in [0.05, 0.1) is 6.61 Å². The van der Waals surface area contributed by atoms with Gasteiger partial charge in [-0.3, -0.25) is 9.13 Å². The molecule has 0 aliphatic carbocycles. The standard InChI is InChI=1S/C13H18N5O7P/c1-6-15-4-9(16-6)26(22,23)24-5-7-10(19)11(20)12(25-7)18-3-2-8(14)17-13(18)21/h2-4,7,10-12,19-20H,5H2,1H3,(H4,14,15,16,17,21,22,23)/p-1/t7-,10-,11-,12-/m0/s1. The molecule has 2 aromatic heterocycles. The summed E-state index contributed by atoms with van der Waals surface area (Å²) >= 11 is 0. The summed E-state index contributed by atoms with van der Waals surface area (Å²) in [6, 6.07) is 1.33. The average molecular weight is 386 g/mol. The van der Waals surface area contributed by atoms with E-state index in [2.05, 4.69) is 15.0 Å². The molecule has 1 aliphatic heterocycles. The van der Waals surface area contributed by atoms with Crippen LogP contribution in [-0.4, -0.2) is 54.6 Å². The third-order valence-electron chi connectivity index (χ3n) is 3.81. The van der Waals surface area contributed by atoms with Gasteiger partial charge < -0.3 is 40.1 Å². The van der Waals surface area contributed by atoms with E-state index in [1.54, 1.807) is 6.92 Å². The molecule has 1 aliphatic rings. The first-order chi connectivity index (χ1) is 12.2. The summed E-state index contributed by atoms with van der Waals surface area (Å²) in [7, 11) is -4.27. The fraction of sp³-hybridized carbons (Fsp3) is 0.462. The van der Waals surface area contributed by atoms with Crippen molar-refractivity contribution in [1.82, 2.24) is 19.5 Å². The van der Waals surface area contributed by atoms with E-state index >= 15 is 0 Å². The van der Waals surface area contributed by atoms with Crippen molar-refractivity contribution in [3.8, 4) is 0 Å². The van der Waals surface area contributed by atoms with Gasteiger partial charge in [0.2, 0.25) is 0 Å². The second-order valence-corrected chi connectivity index (χ2v) is 7.44. The molecule has 1 fully saturated rings. The molecular formula is C13H17N5O7P-. The molecule has 0 bridgehead atoms. The molecule has 26 heavy (non-hydrogen) atoms. The Morgan fingerprint density at radius 1 is 1.42 bits per heavy atom. The van der Waals surface area contributed by atoms with E-state index in [9.17, 15) is 24.5 Å². The monoisotopic (exact) mass is 386 g/mol. The average Bonchev–Trinajstić information content (AvgIpc) is 3.12. The summed E-state index contributed by atoms with van der Waals surface area (Å²) in [6.07, 6.45) is -2.99. The number of hydrogen-bond donors (Lipinski definition) is 4. The maximum absolute atomic E-state index is 12.2. The lowest BCUT2D eigenvalue weighted by Crippen LogP contribution is -2.36. The van der Waals surface area contributed by atoms with E-state index < -0.39 is 44.4 Å². The van der Waals surface area contributed by atoms with Crippen LogP contribution in [0.2, 0.25) is 0 Å². The first-order valence-corrected chi connectivity index (χ1v) is 9.07. The predicted octanol–water partition coefficient (Wildman–Crippen LogP) is -2.37. The quantitative estimate of drug-likeness (QED) is 0.403.